The topological polar surface area (TPSA) is 396 Å². The second kappa shape index (κ2) is 48.6. The molecular formula is C111H103F3N28O5. The van der Waals surface area contributed by atoms with E-state index in [4.69, 9.17) is 23.7 Å². The van der Waals surface area contributed by atoms with Gasteiger partial charge in [0.1, 0.15) is 68.7 Å². The predicted molar refractivity (Wildman–Crippen MR) is 568 cm³/mol. The molecule has 24 rings (SSSR count). The van der Waals surface area contributed by atoms with Crippen LogP contribution in [0.1, 0.15) is 126 Å². The molecular weight excluding hydrogens is 1860 g/mol. The third-order valence-electron chi connectivity index (χ3n) is 22.7. The summed E-state index contributed by atoms with van der Waals surface area (Å²) in [5.74, 6) is 9.73. The minimum Gasteiger partial charge on any atom is -0.497 e. The average Bonchev–Trinajstić information content (AvgIpc) is 1.74. The summed E-state index contributed by atoms with van der Waals surface area (Å²) in [5, 5.41) is 25.7. The van der Waals surface area contributed by atoms with Gasteiger partial charge in [0.2, 0.25) is 12.7 Å². The van der Waals surface area contributed by atoms with Gasteiger partial charge in [-0.25, -0.2) is 23.1 Å². The van der Waals surface area contributed by atoms with Crippen LogP contribution in [0.15, 0.2) is 345 Å². The first-order valence-electron chi connectivity index (χ1n) is 47.0. The fourth-order valence-corrected chi connectivity index (χ4v) is 15.7. The maximum absolute atomic E-state index is 13.3. The number of nitrogens with one attached hydrogen (secondary N) is 8. The van der Waals surface area contributed by atoms with E-state index in [9.17, 15) is 13.2 Å². The fraction of sp³-hybridized carbons (Fsp3) is 0.171. The number of aryl methyl sites for hydroxylation is 4. The van der Waals surface area contributed by atoms with Crippen LogP contribution in [0.25, 0.3) is 0 Å². The monoisotopic (exact) mass is 1960 g/mol. The van der Waals surface area contributed by atoms with Crippen LogP contribution >= 0.6 is 0 Å². The number of amidine groups is 8. The summed E-state index contributed by atoms with van der Waals surface area (Å²) in [6, 6.07) is 72.1. The van der Waals surface area contributed by atoms with E-state index in [2.05, 4.69) is 148 Å². The lowest BCUT2D eigenvalue weighted by atomic mass is 10.2. The summed E-state index contributed by atoms with van der Waals surface area (Å²) in [5.41, 5.74) is 25.6. The van der Waals surface area contributed by atoms with Crippen LogP contribution in [-0.4, -0.2) is 141 Å². The van der Waals surface area contributed by atoms with E-state index in [0.717, 1.165) is 194 Å². The number of hydrogen-bond acceptors (Lipinski definition) is 33. The summed E-state index contributed by atoms with van der Waals surface area (Å²) in [7, 11) is 4.61. The van der Waals surface area contributed by atoms with E-state index in [0.29, 0.717) is 81.3 Å². The first-order valence-corrected chi connectivity index (χ1v) is 47.0. The molecule has 0 radical (unpaired) electrons. The Kier molecular flexibility index (Phi) is 33.0. The second-order valence-electron chi connectivity index (χ2n) is 33.5. The quantitative estimate of drug-likeness (QED) is 0.0472. The van der Waals surface area contributed by atoms with Gasteiger partial charge in [-0.1, -0.05) is 66.7 Å². The summed E-state index contributed by atoms with van der Waals surface area (Å²) in [4.78, 5) is 87.1. The Morgan fingerprint density at radius 3 is 1.00 bits per heavy atom. The lowest BCUT2D eigenvalue weighted by Crippen LogP contribution is -2.14. The number of ether oxygens (including phenoxy) is 5. The van der Waals surface area contributed by atoms with Crippen molar-refractivity contribution in [3.63, 3.8) is 0 Å². The number of methoxy groups -OCH3 is 3. The van der Waals surface area contributed by atoms with Gasteiger partial charge in [0, 0.05) is 179 Å². The minimum absolute atomic E-state index is 0.199. The summed E-state index contributed by atoms with van der Waals surface area (Å²) in [6.07, 6.45) is 18.6. The molecule has 0 aliphatic carbocycles. The van der Waals surface area contributed by atoms with Crippen molar-refractivity contribution >= 4 is 92.4 Å². The Bertz CT molecular complexity index is 7400. The number of aromatic nitrogens is 12. The standard InChI is InChI=1S/C16H16FN3O2.C15H14FN3O.C14H12FN3O.C14H13N3O.4C13H12N4/c1-10(17)22-14-8-12(5-6-13(14)21-2)20-16-15-11(9-19-16)4-3-7-18-15;1-10(16)20-13-6-2-5-12(8-13)19-15-14-11(9-18-15)4-3-7-17-14;1-19-12-7-10(4-5-11(12)15)18-14-13-9(8-17-14)3-2-6-16-13;1-18-12-6-2-5-11(8-12)17-14-13-10(9-16-14)4-3-7-15-13;1-9-4-2-6-11(16-9)17-13-12-10(8-15-13)5-3-7-14-12;1-9-4-5-11(8-15-9)17-13-12-10(7-16-13)3-2-6-14-12;1-9-4-6-14-11(7-9)17-13-12-10(8-16-13)3-2-5-15-12;1-9-5-11(8-14-6-9)17-13-12-10(7-16-13)3-2-4-15-12/h3-8,10H,9H2,1-2H3,(H,19,20);2-8,10H,9H2,1H3,(H,18,19);2-7H,8H2,1H3,(H,17,18);2-8H,9H2,1H3,(H,16,17);2-7H,8H2,1H3,(H,15,16,17);2-6,8H,7H2,1H3,(H,16,17);2-7H,8H2,1H3,(H,14,16,17);2-6,8H,7H2,1H3,(H,16,17). The molecule has 16 aromatic rings. The lowest BCUT2D eigenvalue weighted by Gasteiger charge is -2.14. The number of benzene rings is 4. The number of halogens is 3. The number of hydrogen-bond donors (Lipinski definition) is 8. The molecule has 20 heterocycles. The molecule has 738 valence electrons. The molecule has 36 heteroatoms. The highest BCUT2D eigenvalue weighted by Gasteiger charge is 2.26. The fourth-order valence-electron chi connectivity index (χ4n) is 15.7. The molecule has 33 nitrogen and oxygen atoms in total. The maximum atomic E-state index is 13.3. The Morgan fingerprint density at radius 2 is 0.619 bits per heavy atom. The van der Waals surface area contributed by atoms with E-state index in [1.54, 1.807) is 118 Å². The molecule has 147 heavy (non-hydrogen) atoms. The zero-order valence-corrected chi connectivity index (χ0v) is 81.8. The van der Waals surface area contributed by atoms with E-state index in [1.165, 1.54) is 39.7 Å². The van der Waals surface area contributed by atoms with Crippen molar-refractivity contribution < 1.29 is 36.9 Å². The number of aliphatic imine (C=N–C) groups is 8. The molecule has 0 saturated carbocycles. The van der Waals surface area contributed by atoms with Crippen molar-refractivity contribution in [2.24, 2.45) is 39.9 Å². The van der Waals surface area contributed by atoms with Crippen LogP contribution in [-0.2, 0) is 52.4 Å². The summed E-state index contributed by atoms with van der Waals surface area (Å²) >= 11 is 0. The molecule has 0 spiro atoms. The Labute approximate surface area is 846 Å². The Hall–Kier alpha value is -18.8. The van der Waals surface area contributed by atoms with Crippen LogP contribution in [0.3, 0.4) is 0 Å². The van der Waals surface area contributed by atoms with Gasteiger partial charge in [0.15, 0.2) is 69.8 Å². The number of pyridine rings is 12. The largest absolute Gasteiger partial charge is 0.497 e. The SMILES string of the molecule is CC(F)Oc1cccc(NC2=NCc3cccnc32)c1.COc1cc(NC2=NCc3cccnc32)ccc1F.COc1ccc(NC2=NCc3cccnc32)cc1OC(C)F.COc1cccc(NC2=NCc3cccnc32)c1.Cc1ccc(NC2=NCc3cccnc32)cn1.Cc1cccc(NC2=NCc3cccnc32)n1.Cc1ccnc(NC2=NCc3cccnc32)c1.Cc1cncc(NC2=NCc3cccnc32)c1. The molecule has 8 aliphatic heterocycles. The van der Waals surface area contributed by atoms with Crippen molar-refractivity contribution in [3.05, 3.63) is 423 Å². The van der Waals surface area contributed by atoms with Gasteiger partial charge < -0.3 is 66.2 Å². The molecule has 8 aliphatic rings. The van der Waals surface area contributed by atoms with Crippen LogP contribution in [0.2, 0.25) is 0 Å². The van der Waals surface area contributed by atoms with Crippen molar-refractivity contribution in [1.29, 1.82) is 0 Å². The second-order valence-corrected chi connectivity index (χ2v) is 33.5. The van der Waals surface area contributed by atoms with Crippen LogP contribution in [0.4, 0.5) is 58.9 Å². The molecule has 4 aromatic carbocycles. The van der Waals surface area contributed by atoms with Crippen LogP contribution in [0.5, 0.6) is 28.7 Å². The highest BCUT2D eigenvalue weighted by molar-refractivity contribution is 6.14. The third kappa shape index (κ3) is 26.7. The number of rotatable bonds is 15. The van der Waals surface area contributed by atoms with Gasteiger partial charge in [-0.15, -0.1) is 0 Å². The number of fused-ring (bicyclic) bond motifs is 8. The highest BCUT2D eigenvalue weighted by atomic mass is 19.2. The zero-order chi connectivity index (χ0) is 102. The summed E-state index contributed by atoms with van der Waals surface area (Å²) < 4.78 is 64.7. The highest BCUT2D eigenvalue weighted by Crippen LogP contribution is 2.34. The Morgan fingerprint density at radius 1 is 0.259 bits per heavy atom. The first kappa shape index (κ1) is 99.8. The van der Waals surface area contributed by atoms with Crippen molar-refractivity contribution in [1.82, 2.24) is 59.8 Å². The normalized spacial score (nSPS) is 13.4. The van der Waals surface area contributed by atoms with Crippen LogP contribution in [0, 0.1) is 33.5 Å². The molecule has 0 fully saturated rings. The van der Waals surface area contributed by atoms with E-state index in [-0.39, 0.29) is 11.6 Å². The van der Waals surface area contributed by atoms with Gasteiger partial charge >= 0.3 is 0 Å². The van der Waals surface area contributed by atoms with E-state index < -0.39 is 12.7 Å². The number of anilines is 8. The summed E-state index contributed by atoms with van der Waals surface area (Å²) in [6.45, 7) is 16.0. The lowest BCUT2D eigenvalue weighted by molar-refractivity contribution is 0.0826. The smallest absolute Gasteiger partial charge is 0.236 e. The molecule has 8 N–H and O–H groups in total. The van der Waals surface area contributed by atoms with Crippen molar-refractivity contribution in [2.75, 3.05) is 63.9 Å². The number of nitrogens with zero attached hydrogens (tertiary/aromatic N) is 20. The van der Waals surface area contributed by atoms with Gasteiger partial charge in [-0.3, -0.25) is 89.8 Å². The van der Waals surface area contributed by atoms with Gasteiger partial charge in [0.25, 0.3) is 0 Å². The molecule has 0 saturated heterocycles. The minimum atomic E-state index is -1.42. The van der Waals surface area contributed by atoms with Gasteiger partial charge in [-0.05, 0) is 178 Å². The third-order valence-corrected chi connectivity index (χ3v) is 22.7. The predicted octanol–water partition coefficient (Wildman–Crippen LogP) is 20.0. The zero-order valence-electron chi connectivity index (χ0n) is 81.8. The maximum Gasteiger partial charge on any atom is 0.236 e. The molecule has 12 aromatic heterocycles. The van der Waals surface area contributed by atoms with E-state index >= 15 is 0 Å². The first-order chi connectivity index (χ1) is 71.8. The molecule has 2 atom stereocenters. The average molecular weight is 1970 g/mol. The molecule has 0 amide bonds. The van der Waals surface area contributed by atoms with Crippen LogP contribution < -0.4 is 66.2 Å². The Balaban J connectivity index is 0.000000115. The number of alkyl halides is 2. The van der Waals surface area contributed by atoms with E-state index in [1.807, 2.05) is 210 Å². The van der Waals surface area contributed by atoms with Crippen molar-refractivity contribution in [2.45, 2.75) is 107 Å². The van der Waals surface area contributed by atoms with Gasteiger partial charge in [0.05, 0.1) is 97.5 Å². The molecule has 0 bridgehead atoms. The van der Waals surface area contributed by atoms with Crippen molar-refractivity contribution in [3.8, 4) is 28.7 Å². The van der Waals surface area contributed by atoms with Gasteiger partial charge in [-0.2, -0.15) is 0 Å². The molecule has 2 unspecified atom stereocenters.